The van der Waals surface area contributed by atoms with Gasteiger partial charge in [0.1, 0.15) is 0 Å². The summed E-state index contributed by atoms with van der Waals surface area (Å²) in [5, 5.41) is 0. The first-order valence-corrected chi connectivity index (χ1v) is 35.9. The predicted molar refractivity (Wildman–Crippen MR) is 416 cm³/mol. The van der Waals surface area contributed by atoms with Gasteiger partial charge in [-0.3, -0.25) is 0 Å². The van der Waals surface area contributed by atoms with Gasteiger partial charge >= 0.3 is 0 Å². The molecule has 0 radical (unpaired) electrons. The first-order chi connectivity index (χ1) is 45.9. The second kappa shape index (κ2) is 28.6. The first-order valence-electron chi connectivity index (χ1n) is 35.9. The van der Waals surface area contributed by atoms with Crippen LogP contribution in [0.1, 0.15) is 274 Å². The Morgan fingerprint density at radius 3 is 0.552 bits per heavy atom. The number of hydrogen-bond acceptors (Lipinski definition) is 0. The molecule has 2 aliphatic rings. The fourth-order valence-corrected chi connectivity index (χ4v) is 15.3. The van der Waals surface area contributed by atoms with Gasteiger partial charge in [-0.2, -0.15) is 0 Å². The third-order valence-corrected chi connectivity index (χ3v) is 21.5. The van der Waals surface area contributed by atoms with Gasteiger partial charge in [0.15, 0.2) is 0 Å². The van der Waals surface area contributed by atoms with E-state index in [-0.39, 0.29) is 27.6 Å². The van der Waals surface area contributed by atoms with Crippen LogP contribution in [0.3, 0.4) is 0 Å². The molecule has 4 unspecified atom stereocenters. The average molecular weight is 1260 g/mol. The third-order valence-electron chi connectivity index (χ3n) is 21.5. The van der Waals surface area contributed by atoms with Crippen molar-refractivity contribution in [1.82, 2.24) is 0 Å². The summed E-state index contributed by atoms with van der Waals surface area (Å²) in [4.78, 5) is 0. The maximum atomic E-state index is 2.42. The Morgan fingerprint density at radius 2 is 0.375 bits per heavy atom. The van der Waals surface area contributed by atoms with Crippen LogP contribution in [0.4, 0.5) is 0 Å². The molecule has 10 aromatic carbocycles. The highest BCUT2D eigenvalue weighted by Crippen LogP contribution is 2.50. The topological polar surface area (TPSA) is 0 Å². The number of rotatable bonds is 15. The second-order valence-corrected chi connectivity index (χ2v) is 32.8. The van der Waals surface area contributed by atoms with E-state index in [1.807, 2.05) is 0 Å². The number of hydrogen-bond donors (Lipinski definition) is 0. The Balaban J connectivity index is 0.752. The Morgan fingerprint density at radius 1 is 0.219 bits per heavy atom. The highest BCUT2D eigenvalue weighted by atomic mass is 14.4. The molecular weight excluding hydrogens is 1150 g/mol. The number of aryl methyl sites for hydroxylation is 1. The molecule has 96 heavy (non-hydrogen) atoms. The number of benzene rings is 10. The van der Waals surface area contributed by atoms with Gasteiger partial charge in [0, 0.05) is 5.92 Å². The maximum Gasteiger partial charge on any atom is 0.0340 e. The average Bonchev–Trinajstić information content (AvgIpc) is 0.833. The molecule has 4 atom stereocenters. The molecular formula is C96H104. The van der Waals surface area contributed by atoms with Crippen molar-refractivity contribution >= 4 is 36.5 Å². The molecule has 488 valence electrons. The zero-order chi connectivity index (χ0) is 67.4. The van der Waals surface area contributed by atoms with Gasteiger partial charge in [-0.1, -0.05) is 368 Å². The smallest absolute Gasteiger partial charge is 0.0340 e. The van der Waals surface area contributed by atoms with Crippen LogP contribution in [0.2, 0.25) is 0 Å². The highest BCUT2D eigenvalue weighted by Gasteiger charge is 2.34. The minimum absolute atomic E-state index is 0.0608. The molecule has 10 aromatic rings. The molecule has 0 N–H and O–H groups in total. The molecule has 12 rings (SSSR count). The minimum Gasteiger partial charge on any atom is -0.0587 e. The van der Waals surface area contributed by atoms with Gasteiger partial charge in [-0.05, 0) is 208 Å². The summed E-state index contributed by atoms with van der Waals surface area (Å²) in [6, 6.07) is 93.8. The summed E-state index contributed by atoms with van der Waals surface area (Å²) in [6.07, 6.45) is 20.6. The molecule has 0 heterocycles. The molecule has 0 bridgehead atoms. The van der Waals surface area contributed by atoms with Crippen molar-refractivity contribution in [2.75, 3.05) is 0 Å². The van der Waals surface area contributed by atoms with Gasteiger partial charge in [-0.15, -0.1) is 0 Å². The molecule has 0 amide bonds. The summed E-state index contributed by atoms with van der Waals surface area (Å²) < 4.78 is 0. The maximum absolute atomic E-state index is 2.42. The summed E-state index contributed by atoms with van der Waals surface area (Å²) >= 11 is 0. The standard InChI is InChI=1S/C96H104/c1-66-14-16-67(17-15-66)18-19-70-28-38-79(39-29-70)92(80-40-30-71(31-41-80)22-20-68-24-34-73(35-25-68)82-60-84(75-44-52-88(53-45-75)93(2,3)4)64-85(61-82)76-46-54-89(55-47-76)94(5,6)7)81-42-32-72(33-43-81)23-21-69-26-36-74(37-27-69)83-62-86(77-48-56-90(57-49-77)95(8,9)10)65-87(63-83)78-50-58-91(59-51-78)96(11,12)13/h14-59,82-87,92H,60-65H2,1-13H3. The summed E-state index contributed by atoms with van der Waals surface area (Å²) in [5.74, 6) is 3.08. The molecule has 0 aromatic heterocycles. The Kier molecular flexibility index (Phi) is 20.1. The Labute approximate surface area is 578 Å². The molecule has 2 saturated carbocycles. The van der Waals surface area contributed by atoms with Crippen molar-refractivity contribution in [3.05, 3.63) is 354 Å². The van der Waals surface area contributed by atoms with Crippen molar-refractivity contribution in [1.29, 1.82) is 0 Å². The van der Waals surface area contributed by atoms with Crippen LogP contribution < -0.4 is 0 Å². The SMILES string of the molecule is Cc1ccc(C=Cc2ccc(C(c3ccc(C=Cc4ccc(C5CC(c6ccc(C(C)(C)C)cc6)CC(c6ccc(C(C)(C)C)cc6)C5)cc4)cc3)c3ccc(C=Cc4ccc(C5CC(c6ccc(C(C)(C)C)cc6)CC(c6ccc(C(C)(C)C)cc6)C5)cc4)cc3)cc2)cc1. The van der Waals surface area contributed by atoms with Crippen molar-refractivity contribution in [2.24, 2.45) is 0 Å². The van der Waals surface area contributed by atoms with Crippen molar-refractivity contribution in [3.8, 4) is 0 Å². The summed E-state index contributed by atoms with van der Waals surface area (Å²) in [7, 11) is 0. The van der Waals surface area contributed by atoms with E-state index in [0.717, 1.165) is 0 Å². The van der Waals surface area contributed by atoms with Crippen LogP contribution in [0.15, 0.2) is 243 Å². The van der Waals surface area contributed by atoms with Crippen LogP contribution in [-0.2, 0) is 21.7 Å². The molecule has 2 aliphatic carbocycles. The summed E-state index contributed by atoms with van der Waals surface area (Å²) in [6.45, 7) is 29.9. The van der Waals surface area contributed by atoms with Crippen LogP contribution in [0.5, 0.6) is 0 Å². The van der Waals surface area contributed by atoms with Crippen LogP contribution >= 0.6 is 0 Å². The van der Waals surface area contributed by atoms with E-state index in [0.29, 0.717) is 35.5 Å². The van der Waals surface area contributed by atoms with Crippen LogP contribution in [0, 0.1) is 6.92 Å². The molecule has 2 fully saturated rings. The van der Waals surface area contributed by atoms with Crippen molar-refractivity contribution in [3.63, 3.8) is 0 Å². The van der Waals surface area contributed by atoms with Gasteiger partial charge in [0.05, 0.1) is 0 Å². The highest BCUT2D eigenvalue weighted by molar-refractivity contribution is 5.72. The van der Waals surface area contributed by atoms with E-state index in [1.54, 1.807) is 0 Å². The van der Waals surface area contributed by atoms with Gasteiger partial charge in [0.2, 0.25) is 0 Å². The van der Waals surface area contributed by atoms with Crippen molar-refractivity contribution in [2.45, 2.75) is 192 Å². The lowest BCUT2D eigenvalue weighted by molar-refractivity contribution is 0.351. The molecule has 0 heteroatoms. The summed E-state index contributed by atoms with van der Waals surface area (Å²) in [5.41, 5.74) is 27.3. The normalized spacial score (nSPS) is 19.3. The molecule has 0 aliphatic heterocycles. The lowest BCUT2D eigenvalue weighted by atomic mass is 9.68. The van der Waals surface area contributed by atoms with Gasteiger partial charge < -0.3 is 0 Å². The van der Waals surface area contributed by atoms with Gasteiger partial charge in [-0.25, -0.2) is 0 Å². The Bertz CT molecular complexity index is 3870. The van der Waals surface area contributed by atoms with E-state index in [9.17, 15) is 0 Å². The van der Waals surface area contributed by atoms with E-state index >= 15 is 0 Å². The first kappa shape index (κ1) is 67.4. The second-order valence-electron chi connectivity index (χ2n) is 32.8. The monoisotopic (exact) mass is 1260 g/mol. The third kappa shape index (κ3) is 16.8. The van der Waals surface area contributed by atoms with Crippen LogP contribution in [-0.4, -0.2) is 0 Å². The molecule has 0 spiro atoms. The van der Waals surface area contributed by atoms with Crippen molar-refractivity contribution < 1.29 is 0 Å². The largest absolute Gasteiger partial charge is 0.0587 e. The zero-order valence-electron chi connectivity index (χ0n) is 59.8. The van der Waals surface area contributed by atoms with E-state index in [2.05, 4.69) is 369 Å². The van der Waals surface area contributed by atoms with E-state index < -0.39 is 0 Å². The lowest BCUT2D eigenvalue weighted by Crippen LogP contribution is -2.20. The van der Waals surface area contributed by atoms with Crippen LogP contribution in [0.25, 0.3) is 36.5 Å². The molecule has 0 nitrogen and oxygen atoms in total. The fraction of sp³-hybridized carbons (Fsp3) is 0.312. The predicted octanol–water partition coefficient (Wildman–Crippen LogP) is 26.5. The lowest BCUT2D eigenvalue weighted by Gasteiger charge is -2.36. The van der Waals surface area contributed by atoms with E-state index in [1.165, 1.54) is 150 Å². The van der Waals surface area contributed by atoms with Gasteiger partial charge in [0.25, 0.3) is 0 Å². The van der Waals surface area contributed by atoms with E-state index in [4.69, 9.17) is 0 Å². The molecule has 0 saturated heterocycles. The quantitative estimate of drug-likeness (QED) is 0.0709. The fourth-order valence-electron chi connectivity index (χ4n) is 15.3. The zero-order valence-corrected chi connectivity index (χ0v) is 59.8. The minimum atomic E-state index is 0.0608. The Hall–Kier alpha value is -8.58.